The molecule has 2 fully saturated rings. The van der Waals surface area contributed by atoms with Crippen LogP contribution in [0.1, 0.15) is 37.3 Å². The van der Waals surface area contributed by atoms with Gasteiger partial charge in [-0.15, -0.1) is 5.11 Å². The van der Waals surface area contributed by atoms with Crippen LogP contribution in [-0.4, -0.2) is 34.6 Å². The lowest BCUT2D eigenvalue weighted by molar-refractivity contribution is -0.131. The Kier molecular flexibility index (Phi) is 4.15. The van der Waals surface area contributed by atoms with E-state index in [4.69, 9.17) is 9.47 Å². The summed E-state index contributed by atoms with van der Waals surface area (Å²) < 4.78 is 12.0. The molecule has 7 heteroatoms. The quantitative estimate of drug-likeness (QED) is 0.749. The van der Waals surface area contributed by atoms with Gasteiger partial charge in [0.25, 0.3) is 5.91 Å². The van der Waals surface area contributed by atoms with Crippen molar-refractivity contribution in [1.82, 2.24) is 9.97 Å². The van der Waals surface area contributed by atoms with Crippen LogP contribution < -0.4 is 9.47 Å². The number of amides is 1. The maximum atomic E-state index is 12.9. The lowest BCUT2D eigenvalue weighted by atomic mass is 9.62. The second kappa shape index (κ2) is 6.61. The fraction of sp³-hybridized carbons (Fsp3) is 0.500. The Morgan fingerprint density at radius 3 is 2.76 bits per heavy atom. The van der Waals surface area contributed by atoms with Crippen LogP contribution in [0.2, 0.25) is 0 Å². The standard InChI is InChI=1S/C22H24N4O3/c1-3-28-19-18(14(2)8-11-24-19)21-9-7-15(22(21)20(27)25-26-22)12-16(21)13-29-17-6-4-5-10-23-17/h4-6,8,10-11,15-16H,3,7,9,12-13H2,1-2H3. The third kappa shape index (κ3) is 2.33. The van der Waals surface area contributed by atoms with Gasteiger partial charge < -0.3 is 9.47 Å². The highest BCUT2D eigenvalue weighted by molar-refractivity contribution is 5.95. The van der Waals surface area contributed by atoms with E-state index in [9.17, 15) is 4.79 Å². The van der Waals surface area contributed by atoms with Gasteiger partial charge in [0.1, 0.15) is 0 Å². The Hall–Kier alpha value is -2.83. The fourth-order valence-electron chi connectivity index (χ4n) is 5.92. The first-order valence-corrected chi connectivity index (χ1v) is 10.2. The van der Waals surface area contributed by atoms with Crippen molar-refractivity contribution in [3.63, 3.8) is 0 Å². The summed E-state index contributed by atoms with van der Waals surface area (Å²) >= 11 is 0. The third-order valence-electron chi connectivity index (χ3n) is 6.97. The normalized spacial score (nSPS) is 31.9. The van der Waals surface area contributed by atoms with E-state index in [0.29, 0.717) is 25.0 Å². The summed E-state index contributed by atoms with van der Waals surface area (Å²) in [6.45, 7) is 4.99. The maximum Gasteiger partial charge on any atom is 0.294 e. The molecule has 2 aliphatic carbocycles. The van der Waals surface area contributed by atoms with Crippen molar-refractivity contribution in [3.8, 4) is 11.8 Å². The summed E-state index contributed by atoms with van der Waals surface area (Å²) in [7, 11) is 0. The van der Waals surface area contributed by atoms with Gasteiger partial charge in [-0.05, 0) is 56.7 Å². The minimum Gasteiger partial charge on any atom is -0.478 e. The molecule has 0 saturated heterocycles. The van der Waals surface area contributed by atoms with Gasteiger partial charge >= 0.3 is 0 Å². The van der Waals surface area contributed by atoms with Crippen molar-refractivity contribution in [2.45, 2.75) is 44.1 Å². The number of nitrogens with zero attached hydrogens (tertiary/aromatic N) is 4. The summed E-state index contributed by atoms with van der Waals surface area (Å²) in [5.41, 5.74) is 0.769. The smallest absolute Gasteiger partial charge is 0.294 e. The summed E-state index contributed by atoms with van der Waals surface area (Å²) in [6.07, 6.45) is 6.15. The van der Waals surface area contributed by atoms with Gasteiger partial charge in [-0.2, -0.15) is 5.11 Å². The minimum absolute atomic E-state index is 0.105. The summed E-state index contributed by atoms with van der Waals surface area (Å²) in [5.74, 6) is 1.37. The maximum absolute atomic E-state index is 12.9. The number of aryl methyl sites for hydroxylation is 1. The Labute approximate surface area is 169 Å². The molecular weight excluding hydrogens is 368 g/mol. The zero-order chi connectivity index (χ0) is 20.1. The zero-order valence-electron chi connectivity index (χ0n) is 16.7. The average Bonchev–Trinajstić information content (AvgIpc) is 3.23. The Bertz CT molecular complexity index is 979. The molecule has 4 atom stereocenters. The first-order valence-electron chi connectivity index (χ1n) is 10.2. The molecule has 2 saturated carbocycles. The highest BCUT2D eigenvalue weighted by Gasteiger charge is 2.77. The van der Waals surface area contributed by atoms with Crippen LogP contribution in [0.25, 0.3) is 0 Å². The summed E-state index contributed by atoms with van der Waals surface area (Å²) in [5, 5.41) is 8.37. The highest BCUT2D eigenvalue weighted by atomic mass is 16.5. The van der Waals surface area contributed by atoms with Gasteiger partial charge in [-0.3, -0.25) is 4.79 Å². The number of pyridine rings is 2. The van der Waals surface area contributed by atoms with E-state index in [2.05, 4.69) is 27.1 Å². The van der Waals surface area contributed by atoms with Crippen molar-refractivity contribution < 1.29 is 14.3 Å². The van der Waals surface area contributed by atoms with Crippen LogP contribution in [0.3, 0.4) is 0 Å². The van der Waals surface area contributed by atoms with Crippen LogP contribution in [0.5, 0.6) is 11.8 Å². The Balaban J connectivity index is 1.61. The zero-order valence-corrected chi connectivity index (χ0v) is 16.7. The number of aromatic nitrogens is 2. The molecule has 150 valence electrons. The number of rotatable bonds is 6. The van der Waals surface area contributed by atoms with Gasteiger partial charge in [0.2, 0.25) is 11.8 Å². The molecule has 29 heavy (non-hydrogen) atoms. The molecular formula is C22H24N4O3. The molecule has 7 nitrogen and oxygen atoms in total. The van der Waals surface area contributed by atoms with Crippen LogP contribution >= 0.6 is 0 Å². The van der Waals surface area contributed by atoms with E-state index in [-0.39, 0.29) is 17.7 Å². The van der Waals surface area contributed by atoms with E-state index >= 15 is 0 Å². The number of hydrogen-bond acceptors (Lipinski definition) is 6. The Morgan fingerprint density at radius 1 is 1.17 bits per heavy atom. The number of azo groups is 1. The van der Waals surface area contributed by atoms with Gasteiger partial charge in [-0.25, -0.2) is 9.97 Å². The molecule has 1 aliphatic heterocycles. The van der Waals surface area contributed by atoms with Crippen molar-refractivity contribution in [2.24, 2.45) is 22.1 Å². The lowest BCUT2D eigenvalue weighted by Crippen LogP contribution is -2.57. The molecule has 1 spiro atoms. The van der Waals surface area contributed by atoms with Crippen molar-refractivity contribution in [2.75, 3.05) is 13.2 Å². The molecule has 2 bridgehead atoms. The summed E-state index contributed by atoms with van der Waals surface area (Å²) in [4.78, 5) is 21.7. The van der Waals surface area contributed by atoms with E-state index < -0.39 is 11.0 Å². The van der Waals surface area contributed by atoms with Crippen molar-refractivity contribution in [3.05, 3.63) is 47.8 Å². The second-order valence-electron chi connectivity index (χ2n) is 8.13. The van der Waals surface area contributed by atoms with Gasteiger partial charge in [-0.1, -0.05) is 6.07 Å². The van der Waals surface area contributed by atoms with E-state index in [0.717, 1.165) is 30.4 Å². The molecule has 0 radical (unpaired) electrons. The fourth-order valence-corrected chi connectivity index (χ4v) is 5.92. The molecule has 2 aromatic heterocycles. The first kappa shape index (κ1) is 18.2. The van der Waals surface area contributed by atoms with Gasteiger partial charge in [0.05, 0.1) is 13.2 Å². The molecule has 2 aromatic rings. The number of carbonyl (C=O) groups is 1. The van der Waals surface area contributed by atoms with E-state index in [1.807, 2.05) is 31.2 Å². The molecule has 0 N–H and O–H groups in total. The minimum atomic E-state index is -0.801. The second-order valence-corrected chi connectivity index (χ2v) is 8.13. The molecule has 1 amide bonds. The van der Waals surface area contributed by atoms with Gasteiger partial charge in [0.15, 0.2) is 5.54 Å². The number of carbonyl (C=O) groups excluding carboxylic acids is 1. The number of ether oxygens (including phenoxy) is 2. The van der Waals surface area contributed by atoms with E-state index in [1.54, 1.807) is 12.4 Å². The molecule has 0 aromatic carbocycles. The lowest BCUT2D eigenvalue weighted by Gasteiger charge is -2.45. The number of hydrogen-bond donors (Lipinski definition) is 0. The monoisotopic (exact) mass is 392 g/mol. The SMILES string of the molecule is CCOc1nccc(C)c1C12CCC(CC1COc1ccccn1)C21N=NC1=O. The average molecular weight is 392 g/mol. The van der Waals surface area contributed by atoms with Crippen molar-refractivity contribution in [1.29, 1.82) is 0 Å². The first-order chi connectivity index (χ1) is 14.1. The predicted molar refractivity (Wildman–Crippen MR) is 105 cm³/mol. The van der Waals surface area contributed by atoms with Crippen LogP contribution in [0.4, 0.5) is 0 Å². The predicted octanol–water partition coefficient (Wildman–Crippen LogP) is 3.66. The van der Waals surface area contributed by atoms with E-state index in [1.165, 1.54) is 0 Å². The third-order valence-corrected chi connectivity index (χ3v) is 6.97. The molecule has 5 rings (SSSR count). The largest absolute Gasteiger partial charge is 0.478 e. The molecule has 3 aliphatic rings. The Morgan fingerprint density at radius 2 is 2.07 bits per heavy atom. The van der Waals surface area contributed by atoms with Crippen LogP contribution in [-0.2, 0) is 10.2 Å². The summed E-state index contributed by atoms with van der Waals surface area (Å²) in [6, 6.07) is 7.61. The molecule has 3 heterocycles. The van der Waals surface area contributed by atoms with Crippen molar-refractivity contribution >= 4 is 5.91 Å². The molecule has 4 unspecified atom stereocenters. The highest BCUT2D eigenvalue weighted by Crippen LogP contribution is 2.69. The van der Waals surface area contributed by atoms with Crippen LogP contribution in [0.15, 0.2) is 46.9 Å². The van der Waals surface area contributed by atoms with Gasteiger partial charge in [0, 0.05) is 35.4 Å². The topological polar surface area (TPSA) is 86.0 Å². The van der Waals surface area contributed by atoms with Crippen LogP contribution in [0, 0.1) is 18.8 Å².